The molecule has 1 unspecified atom stereocenters. The molecule has 36 heavy (non-hydrogen) atoms. The minimum atomic E-state index is -0.877. The van der Waals surface area contributed by atoms with Gasteiger partial charge in [-0.1, -0.05) is 42.5 Å². The fourth-order valence-electron chi connectivity index (χ4n) is 4.71. The minimum absolute atomic E-state index is 0.163. The van der Waals surface area contributed by atoms with Gasteiger partial charge in [-0.05, 0) is 50.6 Å². The highest BCUT2D eigenvalue weighted by Gasteiger charge is 2.37. The second-order valence-electron chi connectivity index (χ2n) is 9.60. The molecule has 8 nitrogen and oxygen atoms in total. The zero-order valence-corrected chi connectivity index (χ0v) is 20.7. The number of amides is 1. The van der Waals surface area contributed by atoms with Crippen LogP contribution in [0.5, 0.6) is 5.75 Å². The molecule has 0 radical (unpaired) electrons. The third-order valence-corrected chi connectivity index (χ3v) is 6.53. The first-order chi connectivity index (χ1) is 17.2. The van der Waals surface area contributed by atoms with Crippen molar-refractivity contribution in [3.63, 3.8) is 0 Å². The number of aromatic nitrogens is 2. The summed E-state index contributed by atoms with van der Waals surface area (Å²) < 4.78 is 15.7. The first kappa shape index (κ1) is 25.4. The fraction of sp³-hybridized carbons (Fsp3) is 0.370. The predicted molar refractivity (Wildman–Crippen MR) is 135 cm³/mol. The number of carbonyl (C=O) groups is 1. The Bertz CT molecular complexity index is 1350. The van der Waals surface area contributed by atoms with Crippen LogP contribution in [0.15, 0.2) is 64.2 Å². The maximum Gasteiger partial charge on any atom is 0.332 e. The highest BCUT2D eigenvalue weighted by Crippen LogP contribution is 2.28. The molecule has 1 amide bonds. The molecular formula is C27H31FN4O4. The van der Waals surface area contributed by atoms with E-state index in [2.05, 4.69) is 4.90 Å². The van der Waals surface area contributed by atoms with Crippen molar-refractivity contribution in [2.45, 2.75) is 45.4 Å². The molecule has 0 spiro atoms. The van der Waals surface area contributed by atoms with Crippen LogP contribution >= 0.6 is 0 Å². The van der Waals surface area contributed by atoms with Gasteiger partial charge in [0.25, 0.3) is 11.5 Å². The number of halogens is 1. The van der Waals surface area contributed by atoms with Gasteiger partial charge in [-0.2, -0.15) is 0 Å². The van der Waals surface area contributed by atoms with Gasteiger partial charge in [0.1, 0.15) is 5.82 Å². The summed E-state index contributed by atoms with van der Waals surface area (Å²) in [7, 11) is 1.98. The van der Waals surface area contributed by atoms with Gasteiger partial charge in [-0.15, -0.1) is 0 Å². The molecule has 1 aromatic heterocycles. The Morgan fingerprint density at radius 1 is 1.03 bits per heavy atom. The van der Waals surface area contributed by atoms with Crippen LogP contribution in [0.2, 0.25) is 0 Å². The lowest BCUT2D eigenvalue weighted by molar-refractivity contribution is 0.0623. The van der Waals surface area contributed by atoms with E-state index in [-0.39, 0.29) is 24.6 Å². The summed E-state index contributed by atoms with van der Waals surface area (Å²) in [6.45, 7) is 5.08. The second-order valence-corrected chi connectivity index (χ2v) is 9.60. The standard InChI is InChI=1S/C27H31FN4O4/c1-18(2)31-26(35)24(33)23-25(34)30(16-20-9-11-21(28)12-10-20)17-22(32(23)27(31)36)13-14-29(3)15-19-7-5-4-6-8-19/h4-12,18,22,33H,13-17H2,1-3H3. The van der Waals surface area contributed by atoms with E-state index in [4.69, 9.17) is 0 Å². The molecule has 1 aliphatic heterocycles. The van der Waals surface area contributed by atoms with Gasteiger partial charge in [-0.25, -0.2) is 9.18 Å². The number of fused-ring (bicyclic) bond motifs is 1. The zero-order chi connectivity index (χ0) is 26.0. The molecule has 1 N–H and O–H groups in total. The molecule has 4 rings (SSSR count). The minimum Gasteiger partial charge on any atom is -0.501 e. The summed E-state index contributed by atoms with van der Waals surface area (Å²) in [5, 5.41) is 10.8. The third-order valence-electron chi connectivity index (χ3n) is 6.53. The number of hydrogen-bond donors (Lipinski definition) is 1. The van der Waals surface area contributed by atoms with Crippen LogP contribution in [0.1, 0.15) is 54.0 Å². The van der Waals surface area contributed by atoms with E-state index >= 15 is 0 Å². The van der Waals surface area contributed by atoms with Crippen molar-refractivity contribution in [1.29, 1.82) is 0 Å². The quantitative estimate of drug-likeness (QED) is 0.520. The number of nitrogens with zero attached hydrogens (tertiary/aromatic N) is 4. The number of benzene rings is 2. The van der Waals surface area contributed by atoms with Gasteiger partial charge >= 0.3 is 5.69 Å². The van der Waals surface area contributed by atoms with Crippen molar-refractivity contribution in [3.8, 4) is 5.75 Å². The molecule has 190 valence electrons. The smallest absolute Gasteiger partial charge is 0.332 e. The van der Waals surface area contributed by atoms with Crippen molar-refractivity contribution in [3.05, 3.63) is 98.1 Å². The van der Waals surface area contributed by atoms with Crippen LogP contribution in [-0.2, 0) is 13.1 Å². The lowest BCUT2D eigenvalue weighted by Gasteiger charge is -2.37. The molecule has 1 aliphatic rings. The van der Waals surface area contributed by atoms with Crippen LogP contribution in [0.25, 0.3) is 0 Å². The fourth-order valence-corrected chi connectivity index (χ4v) is 4.71. The first-order valence-electron chi connectivity index (χ1n) is 12.0. The molecule has 0 aliphatic carbocycles. The summed E-state index contributed by atoms with van der Waals surface area (Å²) in [5.74, 6) is -1.71. The van der Waals surface area contributed by atoms with Gasteiger partial charge in [0.2, 0.25) is 5.75 Å². The van der Waals surface area contributed by atoms with Gasteiger partial charge in [0.05, 0.1) is 6.04 Å². The van der Waals surface area contributed by atoms with Gasteiger partial charge in [0.15, 0.2) is 5.69 Å². The Morgan fingerprint density at radius 3 is 2.33 bits per heavy atom. The predicted octanol–water partition coefficient (Wildman–Crippen LogP) is 3.15. The van der Waals surface area contributed by atoms with E-state index in [9.17, 15) is 23.9 Å². The van der Waals surface area contributed by atoms with E-state index < -0.39 is 35.0 Å². The molecule has 0 bridgehead atoms. The molecule has 0 fully saturated rings. The molecule has 2 aromatic carbocycles. The van der Waals surface area contributed by atoms with Gasteiger partial charge < -0.3 is 14.9 Å². The monoisotopic (exact) mass is 494 g/mol. The van der Waals surface area contributed by atoms with Crippen LogP contribution < -0.4 is 11.2 Å². The van der Waals surface area contributed by atoms with E-state index in [0.29, 0.717) is 25.1 Å². The van der Waals surface area contributed by atoms with E-state index in [0.717, 1.165) is 10.1 Å². The summed E-state index contributed by atoms with van der Waals surface area (Å²) >= 11 is 0. The van der Waals surface area contributed by atoms with Crippen LogP contribution in [-0.4, -0.2) is 50.1 Å². The molecular weight excluding hydrogens is 463 g/mol. The largest absolute Gasteiger partial charge is 0.501 e. The van der Waals surface area contributed by atoms with Crippen molar-refractivity contribution >= 4 is 5.91 Å². The Kier molecular flexibility index (Phi) is 7.40. The van der Waals surface area contributed by atoms with E-state index in [1.54, 1.807) is 26.0 Å². The van der Waals surface area contributed by atoms with E-state index in [1.165, 1.54) is 21.6 Å². The topological polar surface area (TPSA) is 87.8 Å². The summed E-state index contributed by atoms with van der Waals surface area (Å²) in [6.07, 6.45) is 0.513. The average molecular weight is 495 g/mol. The van der Waals surface area contributed by atoms with Gasteiger partial charge in [0, 0.05) is 32.2 Å². The lowest BCUT2D eigenvalue weighted by atomic mass is 10.1. The Morgan fingerprint density at radius 2 is 1.69 bits per heavy atom. The summed E-state index contributed by atoms with van der Waals surface area (Å²) in [4.78, 5) is 43.2. The molecule has 1 atom stereocenters. The Labute approximate surface area is 208 Å². The second kappa shape index (κ2) is 10.5. The van der Waals surface area contributed by atoms with Crippen LogP contribution in [0.4, 0.5) is 4.39 Å². The first-order valence-corrected chi connectivity index (χ1v) is 12.0. The molecule has 0 saturated carbocycles. The number of rotatable bonds is 8. The molecule has 3 aromatic rings. The maximum atomic E-state index is 13.4. The number of aromatic hydroxyl groups is 1. The lowest BCUT2D eigenvalue weighted by Crippen LogP contribution is -2.52. The Balaban J connectivity index is 1.68. The molecule has 0 saturated heterocycles. The van der Waals surface area contributed by atoms with Crippen molar-refractivity contribution in [2.75, 3.05) is 20.1 Å². The average Bonchev–Trinajstić information content (AvgIpc) is 2.84. The van der Waals surface area contributed by atoms with Crippen LogP contribution in [0.3, 0.4) is 0 Å². The number of hydrogen-bond acceptors (Lipinski definition) is 5. The normalized spacial score (nSPS) is 15.6. The highest BCUT2D eigenvalue weighted by molar-refractivity contribution is 5.95. The van der Waals surface area contributed by atoms with Gasteiger partial charge in [-0.3, -0.25) is 18.7 Å². The SMILES string of the molecule is CC(C)n1c(=O)c(O)c2n(c1=O)C(CCN(C)Cc1ccccc1)CN(Cc1ccc(F)cc1)C2=O. The maximum absolute atomic E-state index is 13.4. The Hall–Kier alpha value is -3.72. The molecule has 9 heteroatoms. The zero-order valence-electron chi connectivity index (χ0n) is 20.7. The van der Waals surface area contributed by atoms with E-state index in [1.807, 2.05) is 37.4 Å². The summed E-state index contributed by atoms with van der Waals surface area (Å²) in [6, 6.07) is 14.9. The van der Waals surface area contributed by atoms with Crippen molar-refractivity contribution in [1.82, 2.24) is 18.9 Å². The summed E-state index contributed by atoms with van der Waals surface area (Å²) in [5.41, 5.74) is 0.0913. The van der Waals surface area contributed by atoms with Crippen molar-refractivity contribution in [2.24, 2.45) is 0 Å². The molecule has 2 heterocycles. The number of carbonyl (C=O) groups excluding carboxylic acids is 1. The van der Waals surface area contributed by atoms with Crippen molar-refractivity contribution < 1.29 is 14.3 Å². The third kappa shape index (κ3) is 5.11. The van der Waals surface area contributed by atoms with Crippen LogP contribution in [0, 0.1) is 5.82 Å². The highest BCUT2D eigenvalue weighted by atomic mass is 19.1.